The Labute approximate surface area is 445 Å². The second-order valence-electron chi connectivity index (χ2n) is 19.9. The topological polar surface area (TPSA) is 9.86 Å². The number of nitrogens with zero attached hydrogens (tertiary/aromatic N) is 2. The van der Waals surface area contributed by atoms with Crippen LogP contribution in [0.25, 0.3) is 66.1 Å². The first kappa shape index (κ1) is 45.3. The minimum atomic E-state index is -3.04. The maximum atomic E-state index is 2.56. The summed E-state index contributed by atoms with van der Waals surface area (Å²) in [5.41, 5.74) is 9.46. The Kier molecular flexibility index (Phi) is 11.2. The number of hydrogen-bond donors (Lipinski definition) is 0. The van der Waals surface area contributed by atoms with Crippen LogP contribution >= 0.6 is 0 Å². The van der Waals surface area contributed by atoms with E-state index in [1.54, 1.807) is 0 Å². The van der Waals surface area contributed by atoms with Crippen LogP contribution in [0.1, 0.15) is 0 Å². The first-order valence-electron chi connectivity index (χ1n) is 26.3. The molecule has 0 bridgehead atoms. The van der Waals surface area contributed by atoms with E-state index in [4.69, 9.17) is 0 Å². The van der Waals surface area contributed by atoms with Gasteiger partial charge in [0.05, 0.1) is 27.8 Å². The Morgan fingerprint density at radius 3 is 1.13 bits per heavy atom. The average molecular weight is 1000 g/mol. The summed E-state index contributed by atoms with van der Waals surface area (Å²) in [5.74, 6) is 0. The van der Waals surface area contributed by atoms with Crippen molar-refractivity contribution in [3.63, 3.8) is 0 Å². The monoisotopic (exact) mass is 1000 g/mol. The number of benzene rings is 12. The van der Waals surface area contributed by atoms with Gasteiger partial charge in [-0.1, -0.05) is 273 Å². The molecule has 2 heterocycles. The molecule has 0 radical (unpaired) electrons. The lowest BCUT2D eigenvalue weighted by atomic mass is 10.1. The van der Waals surface area contributed by atoms with Gasteiger partial charge < -0.3 is 9.13 Å². The normalized spacial score (nSPS) is 11.9. The van der Waals surface area contributed by atoms with Crippen molar-refractivity contribution in [2.45, 2.75) is 0 Å². The zero-order valence-electron chi connectivity index (χ0n) is 41.9. The van der Waals surface area contributed by atoms with E-state index < -0.39 is 16.1 Å². The van der Waals surface area contributed by atoms with Crippen LogP contribution in [0.3, 0.4) is 0 Å². The lowest BCUT2D eigenvalue weighted by molar-refractivity contribution is 1.17. The van der Waals surface area contributed by atoms with E-state index in [9.17, 15) is 0 Å². The number of hydrogen-bond acceptors (Lipinski definition) is 0. The van der Waals surface area contributed by atoms with Gasteiger partial charge in [0.25, 0.3) is 0 Å². The molecule has 2 aromatic heterocycles. The third-order valence-electron chi connectivity index (χ3n) is 16.0. The highest BCUT2D eigenvalue weighted by Crippen LogP contribution is 2.40. The molecule has 0 amide bonds. The molecule has 0 saturated heterocycles. The Hall–Kier alpha value is -9.33. The van der Waals surface area contributed by atoms with Gasteiger partial charge in [-0.3, -0.25) is 0 Å². The van der Waals surface area contributed by atoms with Crippen molar-refractivity contribution in [3.05, 3.63) is 315 Å². The summed E-state index contributed by atoms with van der Waals surface area (Å²) in [6, 6.07) is 118. The summed E-state index contributed by atoms with van der Waals surface area (Å²) in [5, 5.41) is 15.8. The van der Waals surface area contributed by atoms with Gasteiger partial charge in [-0.2, -0.15) is 0 Å². The molecule has 0 aliphatic rings. The van der Waals surface area contributed by atoms with Crippen molar-refractivity contribution in [1.29, 1.82) is 0 Å². The molecule has 0 atom stereocenters. The van der Waals surface area contributed by atoms with E-state index in [0.29, 0.717) is 0 Å². The average Bonchev–Trinajstić information content (AvgIpc) is 4.11. The van der Waals surface area contributed by atoms with Crippen LogP contribution in [0.4, 0.5) is 0 Å². The quantitative estimate of drug-likeness (QED) is 0.0903. The third kappa shape index (κ3) is 7.06. The molecule has 14 rings (SSSR count). The van der Waals surface area contributed by atoms with Crippen LogP contribution in [0.15, 0.2) is 315 Å². The van der Waals surface area contributed by atoms with Crippen molar-refractivity contribution in [2.24, 2.45) is 0 Å². The molecule has 0 spiro atoms. The Bertz CT molecular complexity index is 4230. The van der Waals surface area contributed by atoms with Gasteiger partial charge in [0, 0.05) is 27.2 Å². The molecular weight excluding hydrogens is 949 g/mol. The highest BCUT2D eigenvalue weighted by molar-refractivity contribution is 7.21. The summed E-state index contributed by atoms with van der Waals surface area (Å²) in [6.45, 7) is 0. The molecule has 0 fully saturated rings. The molecule has 76 heavy (non-hydrogen) atoms. The van der Waals surface area contributed by atoms with Crippen LogP contribution < -0.4 is 41.5 Å². The minimum absolute atomic E-state index is 1.14. The standard InChI is InChI=1S/C72H52N2Si2/c1-7-26-53(27-8-1)54-48-50-61(51-49-54)76(59-35-15-5-16-36-59,60-37-17-6-18-38-60)70-47-25-46-69-72(70)64-41-20-22-43-66(64)74(69)68-45-24-44-67-71(68)63-40-19-21-42-65(63)73(67)55-28-23-39-62(52-55)75(56-29-9-2-10-30-56,57-31-11-3-12-32-57)58-33-13-4-14-34-58/h1-52H. The molecule has 0 saturated carbocycles. The number of para-hydroxylation sites is 2. The maximum Gasteiger partial charge on any atom is 0.180 e. The van der Waals surface area contributed by atoms with Gasteiger partial charge in [0.2, 0.25) is 0 Å². The molecule has 0 unspecified atom stereocenters. The van der Waals surface area contributed by atoms with Crippen molar-refractivity contribution < 1.29 is 0 Å². The van der Waals surface area contributed by atoms with E-state index in [1.165, 1.54) is 96.2 Å². The van der Waals surface area contributed by atoms with Gasteiger partial charge in [0.1, 0.15) is 0 Å². The van der Waals surface area contributed by atoms with Gasteiger partial charge in [0.15, 0.2) is 16.1 Å². The molecule has 4 heteroatoms. The molecule has 2 nitrogen and oxygen atoms in total. The van der Waals surface area contributed by atoms with Crippen LogP contribution in [0.2, 0.25) is 0 Å². The predicted molar refractivity (Wildman–Crippen MR) is 328 cm³/mol. The first-order valence-corrected chi connectivity index (χ1v) is 30.3. The van der Waals surface area contributed by atoms with E-state index >= 15 is 0 Å². The SMILES string of the molecule is c1ccc(-c2ccc([Si](c3ccccc3)(c3ccccc3)c3cccc4c3c3ccccc3n4-c3cccc4c3c3ccccc3n4-c3cccc([Si](c4ccccc4)(c4ccccc4)c4ccccc4)c3)cc2)cc1. The van der Waals surface area contributed by atoms with Crippen molar-refractivity contribution in [3.8, 4) is 22.5 Å². The number of fused-ring (bicyclic) bond motifs is 6. The van der Waals surface area contributed by atoms with Gasteiger partial charge >= 0.3 is 0 Å². The fourth-order valence-electron chi connectivity index (χ4n) is 12.9. The van der Waals surface area contributed by atoms with Crippen molar-refractivity contribution in [2.75, 3.05) is 0 Å². The van der Waals surface area contributed by atoms with Crippen molar-refractivity contribution >= 4 is 101 Å². The summed E-state index contributed by atoms with van der Waals surface area (Å²) < 4.78 is 5.08. The van der Waals surface area contributed by atoms with E-state index in [0.717, 1.165) is 11.4 Å². The summed E-state index contributed by atoms with van der Waals surface area (Å²) in [6.07, 6.45) is 0. The largest absolute Gasteiger partial charge is 0.309 e. The highest BCUT2D eigenvalue weighted by atomic mass is 28.3. The summed E-state index contributed by atoms with van der Waals surface area (Å²) in [7, 11) is -5.86. The zero-order chi connectivity index (χ0) is 50.5. The van der Waals surface area contributed by atoms with E-state index in [-0.39, 0.29) is 0 Å². The fraction of sp³-hybridized carbons (Fsp3) is 0. The number of aromatic nitrogens is 2. The van der Waals surface area contributed by atoms with Crippen LogP contribution in [0.5, 0.6) is 0 Å². The maximum absolute atomic E-state index is 3.04. The highest BCUT2D eigenvalue weighted by Gasteiger charge is 2.44. The van der Waals surface area contributed by atoms with Crippen LogP contribution in [-0.4, -0.2) is 25.3 Å². The molecular formula is C72H52N2Si2. The van der Waals surface area contributed by atoms with Crippen molar-refractivity contribution in [1.82, 2.24) is 9.13 Å². The van der Waals surface area contributed by atoms with Crippen LogP contribution in [-0.2, 0) is 0 Å². The lowest BCUT2D eigenvalue weighted by Gasteiger charge is -2.35. The van der Waals surface area contributed by atoms with Gasteiger partial charge in [-0.25, -0.2) is 0 Å². The Morgan fingerprint density at radius 1 is 0.224 bits per heavy atom. The molecule has 358 valence electrons. The van der Waals surface area contributed by atoms with E-state index in [1.807, 2.05) is 0 Å². The third-order valence-corrected chi connectivity index (χ3v) is 25.6. The first-order chi connectivity index (χ1) is 37.7. The number of rotatable bonds is 11. The second-order valence-corrected chi connectivity index (χ2v) is 27.5. The molecule has 0 N–H and O–H groups in total. The summed E-state index contributed by atoms with van der Waals surface area (Å²) >= 11 is 0. The fourth-order valence-corrected chi connectivity index (χ4v) is 22.6. The van der Waals surface area contributed by atoms with Gasteiger partial charge in [-0.05, 0) is 95.1 Å². The second kappa shape index (κ2) is 18.9. The molecule has 0 aliphatic carbocycles. The molecule has 0 aliphatic heterocycles. The smallest absolute Gasteiger partial charge is 0.180 e. The van der Waals surface area contributed by atoms with Crippen LogP contribution in [0, 0.1) is 0 Å². The summed E-state index contributed by atoms with van der Waals surface area (Å²) in [4.78, 5) is 0. The zero-order valence-corrected chi connectivity index (χ0v) is 43.9. The van der Waals surface area contributed by atoms with E-state index in [2.05, 4.69) is 325 Å². The molecule has 14 aromatic rings. The predicted octanol–water partition coefficient (Wildman–Crippen LogP) is 12.3. The Balaban J connectivity index is 1.03. The molecule has 12 aromatic carbocycles. The Morgan fingerprint density at radius 2 is 0.592 bits per heavy atom. The minimum Gasteiger partial charge on any atom is -0.309 e. The van der Waals surface area contributed by atoms with Gasteiger partial charge in [-0.15, -0.1) is 0 Å². The lowest BCUT2D eigenvalue weighted by Crippen LogP contribution is -2.74.